The van der Waals surface area contributed by atoms with Gasteiger partial charge in [0.1, 0.15) is 0 Å². The predicted molar refractivity (Wildman–Crippen MR) is 72.4 cm³/mol. The monoisotopic (exact) mass is 222 g/mol. The van der Waals surface area contributed by atoms with Crippen molar-refractivity contribution in [1.29, 1.82) is 0 Å². The molecule has 16 heavy (non-hydrogen) atoms. The largest absolute Gasteiger partial charge is 0.392 e. The lowest BCUT2D eigenvalue weighted by Crippen LogP contribution is -2.21. The highest BCUT2D eigenvalue weighted by molar-refractivity contribution is 5.04. The van der Waals surface area contributed by atoms with E-state index >= 15 is 0 Å². The van der Waals surface area contributed by atoms with Crippen LogP contribution in [0.4, 0.5) is 0 Å². The Balaban J connectivity index is 4.46. The van der Waals surface area contributed by atoms with Crippen LogP contribution in [0, 0.1) is 11.3 Å². The molecule has 0 saturated heterocycles. The van der Waals surface area contributed by atoms with E-state index in [1.807, 2.05) is 12.2 Å². The average Bonchev–Trinajstić information content (AvgIpc) is 2.24. The van der Waals surface area contributed by atoms with Crippen molar-refractivity contribution in [2.75, 3.05) is 6.61 Å². The number of allylic oxidation sites excluding steroid dienone is 4. The third-order valence-corrected chi connectivity index (χ3v) is 3.27. The Morgan fingerprint density at radius 1 is 1.44 bits per heavy atom. The molecule has 0 spiro atoms. The van der Waals surface area contributed by atoms with Gasteiger partial charge in [-0.05, 0) is 38.0 Å². The fourth-order valence-electron chi connectivity index (χ4n) is 1.67. The predicted octanol–water partition coefficient (Wildman–Crippen LogP) is 4.11. The molecule has 0 aromatic carbocycles. The van der Waals surface area contributed by atoms with Crippen molar-refractivity contribution in [3.63, 3.8) is 0 Å². The number of hydrogen-bond donors (Lipinski definition) is 1. The van der Waals surface area contributed by atoms with Gasteiger partial charge < -0.3 is 5.11 Å². The van der Waals surface area contributed by atoms with Gasteiger partial charge in [0.15, 0.2) is 0 Å². The Bertz CT molecular complexity index is 259. The summed E-state index contributed by atoms with van der Waals surface area (Å²) in [4.78, 5) is 0. The van der Waals surface area contributed by atoms with E-state index in [0.29, 0.717) is 5.92 Å². The smallest absolute Gasteiger partial charge is 0.0612 e. The minimum atomic E-state index is 0.109. The molecule has 0 rings (SSSR count). The van der Waals surface area contributed by atoms with Crippen LogP contribution in [0.1, 0.15) is 40.5 Å². The zero-order valence-corrected chi connectivity index (χ0v) is 11.2. The maximum Gasteiger partial charge on any atom is 0.0612 e. The standard InChI is InChI=1S/C15H26O/c1-6-15(5,11-7-9-13(2)3)14(4)10-8-12-16/h6,8-10,14,16H,1,7,11-12H2,2-5H3/b10-8+. The maximum atomic E-state index is 8.78. The Morgan fingerprint density at radius 2 is 2.06 bits per heavy atom. The lowest BCUT2D eigenvalue weighted by atomic mass is 9.74. The highest BCUT2D eigenvalue weighted by Gasteiger charge is 2.24. The van der Waals surface area contributed by atoms with Gasteiger partial charge in [0, 0.05) is 0 Å². The maximum absolute atomic E-state index is 8.78. The quantitative estimate of drug-likeness (QED) is 0.643. The van der Waals surface area contributed by atoms with Gasteiger partial charge in [-0.15, -0.1) is 6.58 Å². The third kappa shape index (κ3) is 5.32. The molecule has 0 radical (unpaired) electrons. The molecule has 1 heteroatoms. The Hall–Kier alpha value is -0.820. The van der Waals surface area contributed by atoms with Crippen molar-refractivity contribution in [2.45, 2.75) is 40.5 Å². The number of aliphatic hydroxyl groups is 1. The zero-order valence-electron chi connectivity index (χ0n) is 11.2. The van der Waals surface area contributed by atoms with Crippen LogP contribution in [-0.2, 0) is 0 Å². The molecule has 0 amide bonds. The molecule has 0 aliphatic rings. The molecule has 2 unspecified atom stereocenters. The third-order valence-electron chi connectivity index (χ3n) is 3.27. The van der Waals surface area contributed by atoms with Crippen LogP contribution in [0.5, 0.6) is 0 Å². The van der Waals surface area contributed by atoms with Gasteiger partial charge >= 0.3 is 0 Å². The summed E-state index contributed by atoms with van der Waals surface area (Å²) in [5.41, 5.74) is 1.47. The van der Waals surface area contributed by atoms with Crippen molar-refractivity contribution in [3.05, 3.63) is 36.5 Å². The van der Waals surface area contributed by atoms with Crippen molar-refractivity contribution in [1.82, 2.24) is 0 Å². The molecule has 0 bridgehead atoms. The SMILES string of the molecule is C=CC(C)(CCC=C(C)C)C(C)/C=C/CO. The van der Waals surface area contributed by atoms with Crippen molar-refractivity contribution >= 4 is 0 Å². The number of rotatable bonds is 7. The molecular formula is C15H26O. The molecule has 0 heterocycles. The second-order valence-electron chi connectivity index (χ2n) is 4.93. The van der Waals surface area contributed by atoms with Crippen molar-refractivity contribution in [2.24, 2.45) is 11.3 Å². The van der Waals surface area contributed by atoms with Gasteiger partial charge in [-0.1, -0.05) is 43.7 Å². The first-order valence-corrected chi connectivity index (χ1v) is 6.00. The van der Waals surface area contributed by atoms with Crippen LogP contribution in [0.3, 0.4) is 0 Å². The van der Waals surface area contributed by atoms with E-state index < -0.39 is 0 Å². The van der Waals surface area contributed by atoms with E-state index in [2.05, 4.69) is 46.4 Å². The Kier molecular flexibility index (Phi) is 7.07. The number of hydrogen-bond acceptors (Lipinski definition) is 1. The van der Waals surface area contributed by atoms with E-state index in [0.717, 1.165) is 12.8 Å². The van der Waals surface area contributed by atoms with Gasteiger partial charge in [0.2, 0.25) is 0 Å². The highest BCUT2D eigenvalue weighted by atomic mass is 16.2. The van der Waals surface area contributed by atoms with E-state index in [4.69, 9.17) is 5.11 Å². The molecule has 0 aliphatic carbocycles. The van der Waals surface area contributed by atoms with Gasteiger partial charge in [0.05, 0.1) is 6.61 Å². The van der Waals surface area contributed by atoms with Crippen LogP contribution in [0.15, 0.2) is 36.5 Å². The second kappa shape index (κ2) is 7.45. The van der Waals surface area contributed by atoms with Gasteiger partial charge in [-0.3, -0.25) is 0 Å². The molecule has 2 atom stereocenters. The second-order valence-corrected chi connectivity index (χ2v) is 4.93. The minimum absolute atomic E-state index is 0.109. The minimum Gasteiger partial charge on any atom is -0.392 e. The van der Waals surface area contributed by atoms with Crippen LogP contribution >= 0.6 is 0 Å². The highest BCUT2D eigenvalue weighted by Crippen LogP contribution is 2.34. The lowest BCUT2D eigenvalue weighted by Gasteiger charge is -2.30. The molecule has 0 aromatic rings. The number of aliphatic hydroxyl groups excluding tert-OH is 1. The summed E-state index contributed by atoms with van der Waals surface area (Å²) in [6.45, 7) is 12.7. The van der Waals surface area contributed by atoms with Crippen molar-refractivity contribution < 1.29 is 5.11 Å². The lowest BCUT2D eigenvalue weighted by molar-refractivity contribution is 0.301. The summed E-state index contributed by atoms with van der Waals surface area (Å²) in [7, 11) is 0. The normalized spacial score (nSPS) is 16.8. The summed E-state index contributed by atoms with van der Waals surface area (Å²) < 4.78 is 0. The van der Waals surface area contributed by atoms with Crippen LogP contribution in [0.25, 0.3) is 0 Å². The fraction of sp³-hybridized carbons (Fsp3) is 0.600. The fourth-order valence-corrected chi connectivity index (χ4v) is 1.67. The molecule has 0 aromatic heterocycles. The van der Waals surface area contributed by atoms with Gasteiger partial charge in [-0.25, -0.2) is 0 Å². The molecule has 1 nitrogen and oxygen atoms in total. The van der Waals surface area contributed by atoms with Crippen LogP contribution in [0.2, 0.25) is 0 Å². The summed E-state index contributed by atoms with van der Waals surface area (Å²) in [6, 6.07) is 0. The Morgan fingerprint density at radius 3 is 2.50 bits per heavy atom. The topological polar surface area (TPSA) is 20.2 Å². The average molecular weight is 222 g/mol. The molecule has 0 fully saturated rings. The molecule has 92 valence electrons. The van der Waals surface area contributed by atoms with Gasteiger partial charge in [0.25, 0.3) is 0 Å². The summed E-state index contributed by atoms with van der Waals surface area (Å²) in [6.07, 6.45) is 10.4. The first-order valence-electron chi connectivity index (χ1n) is 6.00. The Labute approximate surface area is 101 Å². The summed E-state index contributed by atoms with van der Waals surface area (Å²) >= 11 is 0. The summed E-state index contributed by atoms with van der Waals surface area (Å²) in [5.74, 6) is 0.405. The molecular weight excluding hydrogens is 196 g/mol. The van der Waals surface area contributed by atoms with E-state index in [1.165, 1.54) is 5.57 Å². The van der Waals surface area contributed by atoms with Crippen molar-refractivity contribution in [3.8, 4) is 0 Å². The summed E-state index contributed by atoms with van der Waals surface area (Å²) in [5, 5.41) is 8.78. The first kappa shape index (κ1) is 15.2. The van der Waals surface area contributed by atoms with Gasteiger partial charge in [-0.2, -0.15) is 0 Å². The molecule has 0 aliphatic heterocycles. The molecule has 1 N–H and O–H groups in total. The van der Waals surface area contributed by atoms with E-state index in [-0.39, 0.29) is 12.0 Å². The van der Waals surface area contributed by atoms with E-state index in [9.17, 15) is 0 Å². The first-order chi connectivity index (χ1) is 7.46. The zero-order chi connectivity index (χ0) is 12.6. The van der Waals surface area contributed by atoms with Crippen LogP contribution in [-0.4, -0.2) is 11.7 Å². The molecule has 0 saturated carbocycles. The van der Waals surface area contributed by atoms with Crippen LogP contribution < -0.4 is 0 Å². The van der Waals surface area contributed by atoms with E-state index in [1.54, 1.807) is 0 Å².